The van der Waals surface area contributed by atoms with Gasteiger partial charge in [-0.1, -0.05) is 44.7 Å². The minimum atomic E-state index is -0.388. The SMILES string of the molecule is C=C(C)C(=O)Oc1ccccc1.C=CC(=O)OCCCC. The lowest BCUT2D eigenvalue weighted by atomic mass is 10.3. The van der Waals surface area contributed by atoms with Gasteiger partial charge in [-0.2, -0.15) is 0 Å². The molecule has 21 heavy (non-hydrogen) atoms. The summed E-state index contributed by atoms with van der Waals surface area (Å²) in [4.78, 5) is 21.3. The zero-order valence-corrected chi connectivity index (χ0v) is 12.6. The van der Waals surface area contributed by atoms with Gasteiger partial charge in [0.05, 0.1) is 6.61 Å². The van der Waals surface area contributed by atoms with Crippen LogP contribution in [-0.4, -0.2) is 18.5 Å². The second kappa shape index (κ2) is 11.5. The minimum absolute atomic E-state index is 0.330. The van der Waals surface area contributed by atoms with Crippen molar-refractivity contribution in [2.24, 2.45) is 0 Å². The van der Waals surface area contributed by atoms with Gasteiger partial charge in [-0.15, -0.1) is 0 Å². The summed E-state index contributed by atoms with van der Waals surface area (Å²) in [7, 11) is 0. The molecule has 114 valence electrons. The summed E-state index contributed by atoms with van der Waals surface area (Å²) in [5.74, 6) is -0.171. The van der Waals surface area contributed by atoms with Crippen LogP contribution in [0.15, 0.2) is 55.1 Å². The van der Waals surface area contributed by atoms with E-state index in [1.54, 1.807) is 31.2 Å². The summed E-state index contributed by atoms with van der Waals surface area (Å²) in [5, 5.41) is 0. The third-order valence-corrected chi connectivity index (χ3v) is 2.21. The van der Waals surface area contributed by atoms with E-state index in [4.69, 9.17) is 4.74 Å². The molecule has 0 N–H and O–H groups in total. The molecule has 1 aromatic carbocycles. The topological polar surface area (TPSA) is 52.6 Å². The lowest BCUT2D eigenvalue weighted by Crippen LogP contribution is -2.07. The Balaban J connectivity index is 0.000000400. The highest BCUT2D eigenvalue weighted by Crippen LogP contribution is 2.09. The van der Waals surface area contributed by atoms with Crippen LogP contribution in [0, 0.1) is 0 Å². The number of esters is 2. The molecule has 0 fully saturated rings. The van der Waals surface area contributed by atoms with Crippen LogP contribution in [0.1, 0.15) is 26.7 Å². The van der Waals surface area contributed by atoms with Gasteiger partial charge in [-0.05, 0) is 25.5 Å². The number of carbonyl (C=O) groups is 2. The minimum Gasteiger partial charge on any atom is -0.463 e. The standard InChI is InChI=1S/C10H10O2.C7H12O2/c1-8(2)10(11)12-9-6-4-3-5-7-9;1-3-5-6-9-7(8)4-2/h3-7H,1H2,2H3;4H,2-3,5-6H2,1H3. The van der Waals surface area contributed by atoms with Gasteiger partial charge >= 0.3 is 11.9 Å². The molecule has 0 amide bonds. The zero-order valence-electron chi connectivity index (χ0n) is 12.6. The van der Waals surface area contributed by atoms with Crippen LogP contribution in [0.3, 0.4) is 0 Å². The molecule has 0 unspecified atom stereocenters. The summed E-state index contributed by atoms with van der Waals surface area (Å²) in [5.41, 5.74) is 0.402. The Kier molecular flexibility index (Phi) is 10.2. The third kappa shape index (κ3) is 10.1. The fourth-order valence-electron chi connectivity index (χ4n) is 1.06. The molecule has 0 aliphatic rings. The highest BCUT2D eigenvalue weighted by atomic mass is 16.5. The van der Waals surface area contributed by atoms with Gasteiger partial charge in [-0.3, -0.25) is 0 Å². The highest BCUT2D eigenvalue weighted by molar-refractivity contribution is 5.88. The van der Waals surface area contributed by atoms with Gasteiger partial charge in [0.15, 0.2) is 0 Å². The number of rotatable bonds is 6. The number of unbranched alkanes of at least 4 members (excludes halogenated alkanes) is 1. The fourth-order valence-corrected chi connectivity index (χ4v) is 1.06. The first kappa shape index (κ1) is 18.6. The first-order chi connectivity index (χ1) is 10.0. The fraction of sp³-hybridized carbons (Fsp3) is 0.294. The summed E-state index contributed by atoms with van der Waals surface area (Å²) in [6.45, 7) is 10.9. The molecular formula is C17H22O4. The van der Waals surface area contributed by atoms with E-state index in [9.17, 15) is 9.59 Å². The summed E-state index contributed by atoms with van der Waals surface area (Å²) in [6.07, 6.45) is 3.15. The van der Waals surface area contributed by atoms with Gasteiger partial charge in [0.25, 0.3) is 0 Å². The monoisotopic (exact) mass is 290 g/mol. The van der Waals surface area contributed by atoms with E-state index < -0.39 is 0 Å². The first-order valence-corrected chi connectivity index (χ1v) is 6.73. The maximum absolute atomic E-state index is 11.0. The van der Waals surface area contributed by atoms with E-state index in [0.717, 1.165) is 12.8 Å². The van der Waals surface area contributed by atoms with E-state index in [1.807, 2.05) is 13.0 Å². The van der Waals surface area contributed by atoms with Crippen LogP contribution >= 0.6 is 0 Å². The molecule has 0 aliphatic carbocycles. The van der Waals surface area contributed by atoms with Crippen molar-refractivity contribution in [3.05, 3.63) is 55.1 Å². The predicted octanol–water partition coefficient (Wildman–Crippen LogP) is 3.68. The molecule has 0 heterocycles. The lowest BCUT2D eigenvalue weighted by Gasteiger charge is -2.01. The van der Waals surface area contributed by atoms with E-state index in [2.05, 4.69) is 17.9 Å². The molecule has 0 saturated heterocycles. The normalized spacial score (nSPS) is 8.86. The number of carbonyl (C=O) groups excluding carboxylic acids is 2. The predicted molar refractivity (Wildman–Crippen MR) is 83.0 cm³/mol. The molecule has 0 radical (unpaired) electrons. The molecule has 0 spiro atoms. The Labute approximate surface area is 126 Å². The number of ether oxygens (including phenoxy) is 2. The van der Waals surface area contributed by atoms with Crippen molar-refractivity contribution in [1.29, 1.82) is 0 Å². The molecular weight excluding hydrogens is 268 g/mol. The van der Waals surface area contributed by atoms with Crippen molar-refractivity contribution in [2.45, 2.75) is 26.7 Å². The Morgan fingerprint density at radius 2 is 1.86 bits per heavy atom. The van der Waals surface area contributed by atoms with E-state index in [0.29, 0.717) is 17.9 Å². The smallest absolute Gasteiger partial charge is 0.338 e. The van der Waals surface area contributed by atoms with E-state index in [1.165, 1.54) is 6.08 Å². The van der Waals surface area contributed by atoms with Crippen molar-refractivity contribution >= 4 is 11.9 Å². The van der Waals surface area contributed by atoms with Crippen molar-refractivity contribution in [1.82, 2.24) is 0 Å². The van der Waals surface area contributed by atoms with Gasteiger partial charge < -0.3 is 9.47 Å². The number of para-hydroxylation sites is 1. The van der Waals surface area contributed by atoms with Gasteiger partial charge in [0.1, 0.15) is 5.75 Å². The van der Waals surface area contributed by atoms with Crippen LogP contribution in [0.25, 0.3) is 0 Å². The molecule has 1 rings (SSSR count). The lowest BCUT2D eigenvalue weighted by molar-refractivity contribution is -0.137. The molecule has 0 aromatic heterocycles. The molecule has 0 aliphatic heterocycles. The van der Waals surface area contributed by atoms with Gasteiger partial charge in [0.2, 0.25) is 0 Å². The Morgan fingerprint density at radius 3 is 2.33 bits per heavy atom. The third-order valence-electron chi connectivity index (χ3n) is 2.21. The summed E-state index contributed by atoms with van der Waals surface area (Å²) < 4.78 is 9.61. The second-order valence-electron chi connectivity index (χ2n) is 4.21. The number of benzene rings is 1. The highest BCUT2D eigenvalue weighted by Gasteiger charge is 2.03. The quantitative estimate of drug-likeness (QED) is 0.347. The van der Waals surface area contributed by atoms with Crippen molar-refractivity contribution in [3.8, 4) is 5.75 Å². The van der Waals surface area contributed by atoms with Gasteiger partial charge in [0, 0.05) is 11.6 Å². The Hall–Kier alpha value is -2.36. The molecule has 4 heteroatoms. The largest absolute Gasteiger partial charge is 0.463 e. The molecule has 1 aromatic rings. The van der Waals surface area contributed by atoms with Crippen molar-refractivity contribution in [2.75, 3.05) is 6.61 Å². The molecule has 0 bridgehead atoms. The van der Waals surface area contributed by atoms with Crippen molar-refractivity contribution in [3.63, 3.8) is 0 Å². The Morgan fingerprint density at radius 1 is 1.24 bits per heavy atom. The summed E-state index contributed by atoms with van der Waals surface area (Å²) >= 11 is 0. The molecule has 0 saturated carbocycles. The van der Waals surface area contributed by atoms with Crippen LogP contribution in [-0.2, 0) is 14.3 Å². The van der Waals surface area contributed by atoms with E-state index in [-0.39, 0.29) is 11.9 Å². The van der Waals surface area contributed by atoms with Crippen molar-refractivity contribution < 1.29 is 19.1 Å². The van der Waals surface area contributed by atoms with Gasteiger partial charge in [-0.25, -0.2) is 9.59 Å². The average molecular weight is 290 g/mol. The first-order valence-electron chi connectivity index (χ1n) is 6.73. The zero-order chi connectivity index (χ0) is 16.1. The maximum Gasteiger partial charge on any atom is 0.338 e. The number of hydrogen-bond acceptors (Lipinski definition) is 4. The van der Waals surface area contributed by atoms with Crippen LogP contribution in [0.4, 0.5) is 0 Å². The molecule has 0 atom stereocenters. The second-order valence-corrected chi connectivity index (χ2v) is 4.21. The average Bonchev–Trinajstić information content (AvgIpc) is 2.49. The van der Waals surface area contributed by atoms with Crippen LogP contribution in [0.2, 0.25) is 0 Å². The summed E-state index contributed by atoms with van der Waals surface area (Å²) in [6, 6.07) is 8.92. The number of hydrogen-bond donors (Lipinski definition) is 0. The maximum atomic E-state index is 11.0. The van der Waals surface area contributed by atoms with E-state index >= 15 is 0 Å². The van der Waals surface area contributed by atoms with Crippen LogP contribution in [0.5, 0.6) is 5.75 Å². The Bertz CT molecular complexity index is 463. The van der Waals surface area contributed by atoms with Crippen LogP contribution < -0.4 is 4.74 Å². The molecule has 4 nitrogen and oxygen atoms in total.